The van der Waals surface area contributed by atoms with E-state index in [1.165, 1.54) is 12.1 Å². The third-order valence-electron chi connectivity index (χ3n) is 6.64. The second-order valence-electron chi connectivity index (χ2n) is 9.50. The molecule has 0 saturated carbocycles. The maximum absolute atomic E-state index is 11.7. The standard InChI is InChI=1S/C33H27N2O3.BF4/c1-2-30(33(36)27-19-12-20-29(21-27)35(37)38)34-31(25-15-8-4-9-16-25)22-28(24-13-6-3-7-14-24)23-32(34)26-17-10-5-11-18-26;2-1(3,4)5/h2-23,30,33,36H,1H2;/q+1;-1. The third-order valence-corrected chi connectivity index (χ3v) is 6.64. The summed E-state index contributed by atoms with van der Waals surface area (Å²) in [4.78, 5) is 11.0. The molecule has 0 spiro atoms. The number of aromatic nitrogens is 1. The Labute approximate surface area is 246 Å². The van der Waals surface area contributed by atoms with Gasteiger partial charge in [0.15, 0.2) is 0 Å². The lowest BCUT2D eigenvalue weighted by atomic mass is 9.95. The van der Waals surface area contributed by atoms with Crippen molar-refractivity contribution in [1.29, 1.82) is 0 Å². The number of pyridine rings is 1. The van der Waals surface area contributed by atoms with Crippen molar-refractivity contribution in [1.82, 2.24) is 0 Å². The Morgan fingerprint density at radius 2 is 1.14 bits per heavy atom. The van der Waals surface area contributed by atoms with Crippen LogP contribution in [0.1, 0.15) is 17.7 Å². The molecule has 1 heterocycles. The first-order valence-corrected chi connectivity index (χ1v) is 13.2. The van der Waals surface area contributed by atoms with Crippen molar-refractivity contribution in [3.63, 3.8) is 0 Å². The number of rotatable bonds is 8. The minimum atomic E-state index is -6.00. The van der Waals surface area contributed by atoms with E-state index in [9.17, 15) is 32.5 Å². The van der Waals surface area contributed by atoms with Crippen LogP contribution in [0.3, 0.4) is 0 Å². The van der Waals surface area contributed by atoms with Gasteiger partial charge in [-0.25, -0.2) is 0 Å². The minimum Gasteiger partial charge on any atom is -0.418 e. The first-order chi connectivity index (χ1) is 20.6. The summed E-state index contributed by atoms with van der Waals surface area (Å²) in [6, 6.07) is 39.9. The van der Waals surface area contributed by atoms with Gasteiger partial charge < -0.3 is 22.4 Å². The average Bonchev–Trinajstić information content (AvgIpc) is 3.02. The predicted molar refractivity (Wildman–Crippen MR) is 160 cm³/mol. The van der Waals surface area contributed by atoms with Crippen LogP contribution >= 0.6 is 0 Å². The second-order valence-corrected chi connectivity index (χ2v) is 9.50. The van der Waals surface area contributed by atoms with E-state index in [-0.39, 0.29) is 5.69 Å². The molecular formula is C33H27BF4N2O3. The summed E-state index contributed by atoms with van der Waals surface area (Å²) in [5, 5.41) is 23.1. The Morgan fingerprint density at radius 1 is 0.698 bits per heavy atom. The highest BCUT2D eigenvalue weighted by atomic mass is 19.5. The average molecular weight is 586 g/mol. The van der Waals surface area contributed by atoms with Crippen LogP contribution in [-0.2, 0) is 0 Å². The number of nitro benzene ring substituents is 1. The molecular weight excluding hydrogens is 559 g/mol. The fraction of sp³-hybridized carbons (Fsp3) is 0.0606. The molecule has 5 rings (SSSR count). The lowest BCUT2D eigenvalue weighted by molar-refractivity contribution is -0.700. The van der Waals surface area contributed by atoms with E-state index in [4.69, 9.17) is 0 Å². The van der Waals surface area contributed by atoms with Crippen LogP contribution in [-0.4, -0.2) is 17.3 Å². The number of nitro groups is 1. The molecule has 0 amide bonds. The molecule has 0 aliphatic heterocycles. The molecule has 2 unspecified atom stereocenters. The van der Waals surface area contributed by atoms with Crippen molar-refractivity contribution in [2.24, 2.45) is 0 Å². The first kappa shape index (κ1) is 30.9. The van der Waals surface area contributed by atoms with E-state index in [1.54, 1.807) is 18.2 Å². The Hall–Kier alpha value is -5.09. The number of non-ortho nitro benzene ring substituents is 1. The van der Waals surface area contributed by atoms with Crippen molar-refractivity contribution < 1.29 is 31.9 Å². The van der Waals surface area contributed by atoms with Gasteiger partial charge in [-0.15, -0.1) is 0 Å². The first-order valence-electron chi connectivity index (χ1n) is 13.2. The molecule has 10 heteroatoms. The number of halogens is 4. The van der Waals surface area contributed by atoms with Crippen molar-refractivity contribution in [2.45, 2.75) is 12.1 Å². The van der Waals surface area contributed by atoms with Gasteiger partial charge in [-0.2, -0.15) is 4.57 Å². The molecule has 5 aromatic rings. The molecule has 4 aromatic carbocycles. The van der Waals surface area contributed by atoms with Gasteiger partial charge in [-0.3, -0.25) is 10.1 Å². The Balaban J connectivity index is 0.000000782. The van der Waals surface area contributed by atoms with Crippen LogP contribution in [0.5, 0.6) is 0 Å². The van der Waals surface area contributed by atoms with E-state index >= 15 is 0 Å². The molecule has 0 radical (unpaired) electrons. The Kier molecular flexibility index (Phi) is 9.85. The SMILES string of the molecule is C=CC(C(O)c1cccc([N+](=O)[O-])c1)[n+]1c(-c2ccccc2)cc(-c2ccccc2)cc1-c1ccccc1.F[B-](F)(F)F. The quantitative estimate of drug-likeness (QED) is 0.0494. The van der Waals surface area contributed by atoms with Gasteiger partial charge in [0.2, 0.25) is 17.4 Å². The van der Waals surface area contributed by atoms with Crippen LogP contribution in [0, 0.1) is 10.1 Å². The van der Waals surface area contributed by atoms with E-state index < -0.39 is 24.3 Å². The summed E-state index contributed by atoms with van der Waals surface area (Å²) < 4.78 is 41.1. The van der Waals surface area contributed by atoms with Gasteiger partial charge in [0.1, 0.15) is 6.10 Å². The zero-order valence-electron chi connectivity index (χ0n) is 22.8. The number of aliphatic hydroxyl groups is 1. The molecule has 0 bridgehead atoms. The largest absolute Gasteiger partial charge is 0.673 e. The fourth-order valence-electron chi connectivity index (χ4n) is 4.78. The number of benzene rings is 4. The zero-order valence-corrected chi connectivity index (χ0v) is 22.8. The number of aliphatic hydroxyl groups excluding tert-OH is 1. The molecule has 0 aliphatic carbocycles. The molecule has 43 heavy (non-hydrogen) atoms. The number of nitrogens with zero attached hydrogens (tertiary/aromatic N) is 2. The summed E-state index contributed by atoms with van der Waals surface area (Å²) in [7, 11) is -6.00. The molecule has 218 valence electrons. The summed E-state index contributed by atoms with van der Waals surface area (Å²) >= 11 is 0. The summed E-state index contributed by atoms with van der Waals surface area (Å²) in [5.74, 6) is 0. The lowest BCUT2D eigenvalue weighted by Crippen LogP contribution is -2.46. The molecule has 5 nitrogen and oxygen atoms in total. The van der Waals surface area contributed by atoms with Crippen molar-refractivity contribution in [2.75, 3.05) is 0 Å². The van der Waals surface area contributed by atoms with Gasteiger partial charge in [-0.05, 0) is 47.0 Å². The highest BCUT2D eigenvalue weighted by Gasteiger charge is 2.34. The molecule has 1 aromatic heterocycles. The molecule has 2 atom stereocenters. The van der Waals surface area contributed by atoms with Gasteiger partial charge in [0.05, 0.1) is 4.92 Å². The van der Waals surface area contributed by atoms with Gasteiger partial charge in [-0.1, -0.05) is 85.4 Å². The highest BCUT2D eigenvalue weighted by molar-refractivity contribution is 6.50. The maximum Gasteiger partial charge on any atom is 0.673 e. The lowest BCUT2D eigenvalue weighted by Gasteiger charge is -2.21. The Bertz CT molecular complexity index is 1620. The third kappa shape index (κ3) is 8.02. The molecule has 0 saturated heterocycles. The molecule has 1 N–H and O–H groups in total. The van der Waals surface area contributed by atoms with Crippen LogP contribution < -0.4 is 4.57 Å². The maximum atomic E-state index is 11.7. The van der Waals surface area contributed by atoms with Gasteiger partial charge in [0.25, 0.3) is 5.69 Å². The van der Waals surface area contributed by atoms with Crippen LogP contribution in [0.4, 0.5) is 23.0 Å². The van der Waals surface area contributed by atoms with Crippen molar-refractivity contribution in [3.05, 3.63) is 156 Å². The monoisotopic (exact) mass is 586 g/mol. The number of hydrogen-bond donors (Lipinski definition) is 1. The van der Waals surface area contributed by atoms with E-state index in [0.717, 1.165) is 33.6 Å². The smallest absolute Gasteiger partial charge is 0.418 e. The van der Waals surface area contributed by atoms with E-state index in [0.29, 0.717) is 5.56 Å². The fourth-order valence-corrected chi connectivity index (χ4v) is 4.78. The van der Waals surface area contributed by atoms with Gasteiger partial charge >= 0.3 is 7.25 Å². The normalized spacial score (nSPS) is 12.4. The topological polar surface area (TPSA) is 67.2 Å². The summed E-state index contributed by atoms with van der Waals surface area (Å²) in [5.41, 5.74) is 6.21. The highest BCUT2D eigenvalue weighted by Crippen LogP contribution is 2.34. The van der Waals surface area contributed by atoms with Crippen LogP contribution in [0.25, 0.3) is 33.6 Å². The molecule has 0 fully saturated rings. The van der Waals surface area contributed by atoms with Crippen molar-refractivity contribution in [3.8, 4) is 33.6 Å². The van der Waals surface area contributed by atoms with Crippen molar-refractivity contribution >= 4 is 12.9 Å². The van der Waals surface area contributed by atoms with Gasteiger partial charge in [0, 0.05) is 35.4 Å². The summed E-state index contributed by atoms with van der Waals surface area (Å²) in [6.45, 7) is 4.08. The van der Waals surface area contributed by atoms with Crippen LogP contribution in [0.2, 0.25) is 0 Å². The number of hydrogen-bond acceptors (Lipinski definition) is 3. The minimum absolute atomic E-state index is 0.0691. The predicted octanol–water partition coefficient (Wildman–Crippen LogP) is 8.64. The van der Waals surface area contributed by atoms with E-state index in [1.807, 2.05) is 78.9 Å². The zero-order chi connectivity index (χ0) is 31.0. The molecule has 0 aliphatic rings. The van der Waals surface area contributed by atoms with E-state index in [2.05, 4.69) is 35.4 Å². The second kappa shape index (κ2) is 13.7. The van der Waals surface area contributed by atoms with Crippen LogP contribution in [0.15, 0.2) is 140 Å². The summed E-state index contributed by atoms with van der Waals surface area (Å²) in [6.07, 6.45) is 0.620. The Morgan fingerprint density at radius 3 is 1.56 bits per heavy atom.